The molecule has 0 aromatic carbocycles. The number of rotatable bonds is 5. The normalized spacial score (nSPS) is 8.90. The van der Waals surface area contributed by atoms with Crippen LogP contribution in [-0.2, 0) is 9.59 Å². The van der Waals surface area contributed by atoms with Gasteiger partial charge in [0.2, 0.25) is 6.41 Å². The van der Waals surface area contributed by atoms with E-state index in [9.17, 15) is 9.59 Å². The Morgan fingerprint density at radius 3 is 2.60 bits per heavy atom. The molecule has 0 fully saturated rings. The summed E-state index contributed by atoms with van der Waals surface area (Å²) in [5, 5.41) is 8.24. The Hall–Kier alpha value is -1.06. The fourth-order valence-electron chi connectivity index (χ4n) is 0.630. The summed E-state index contributed by atoms with van der Waals surface area (Å²) in [6.45, 7) is 2.20. The van der Waals surface area contributed by atoms with Crippen LogP contribution in [0, 0.1) is 0 Å². The van der Waals surface area contributed by atoms with Gasteiger partial charge in [0.15, 0.2) is 0 Å². The molecule has 4 nitrogen and oxygen atoms in total. The third-order valence-corrected chi connectivity index (χ3v) is 0.998. The summed E-state index contributed by atoms with van der Waals surface area (Å²) in [6, 6.07) is 0. The number of carboxylic acids is 1. The molecule has 0 aliphatic rings. The fourth-order valence-corrected chi connectivity index (χ4v) is 0.630. The summed E-state index contributed by atoms with van der Waals surface area (Å²) in [7, 11) is 0. The van der Waals surface area contributed by atoms with Gasteiger partial charge in [0.05, 0.1) is 0 Å². The van der Waals surface area contributed by atoms with Crippen LogP contribution in [0.3, 0.4) is 0 Å². The summed E-state index contributed by atoms with van der Waals surface area (Å²) in [5.41, 5.74) is 0. The minimum Gasteiger partial charge on any atom is -0.480 e. The minimum atomic E-state index is -0.972. The Balaban J connectivity index is 3.59. The van der Waals surface area contributed by atoms with Gasteiger partial charge in [0, 0.05) is 6.54 Å². The molecule has 0 atom stereocenters. The van der Waals surface area contributed by atoms with E-state index in [4.69, 9.17) is 5.11 Å². The Kier molecular flexibility index (Phi) is 4.28. The molecule has 0 aliphatic heterocycles. The van der Waals surface area contributed by atoms with Gasteiger partial charge in [-0.1, -0.05) is 6.92 Å². The topological polar surface area (TPSA) is 57.6 Å². The predicted octanol–water partition coefficient (Wildman–Crippen LogP) is -0.0606. The quantitative estimate of drug-likeness (QED) is 0.551. The minimum absolute atomic E-state index is 0.197. The number of carbonyl (C=O) groups excluding carboxylic acids is 1. The zero-order valence-electron chi connectivity index (χ0n) is 5.91. The van der Waals surface area contributed by atoms with Crippen molar-refractivity contribution in [3.8, 4) is 0 Å². The third kappa shape index (κ3) is 3.88. The van der Waals surface area contributed by atoms with Gasteiger partial charge in [0.1, 0.15) is 6.54 Å². The third-order valence-electron chi connectivity index (χ3n) is 0.998. The number of aliphatic carboxylic acids is 1. The predicted molar refractivity (Wildman–Crippen MR) is 35.6 cm³/mol. The van der Waals surface area contributed by atoms with E-state index in [0.717, 1.165) is 6.42 Å². The first-order valence-corrected chi connectivity index (χ1v) is 3.11. The molecule has 0 saturated carbocycles. The van der Waals surface area contributed by atoms with Crippen LogP contribution in [0.1, 0.15) is 13.3 Å². The van der Waals surface area contributed by atoms with Crippen LogP contribution < -0.4 is 0 Å². The van der Waals surface area contributed by atoms with Crippen LogP contribution in [0.25, 0.3) is 0 Å². The molecule has 0 saturated heterocycles. The Morgan fingerprint density at radius 2 is 2.30 bits per heavy atom. The monoisotopic (exact) mass is 145 g/mol. The molecule has 0 unspecified atom stereocenters. The van der Waals surface area contributed by atoms with Crippen LogP contribution in [0.2, 0.25) is 0 Å². The molecule has 0 rings (SSSR count). The van der Waals surface area contributed by atoms with Crippen LogP contribution in [0.5, 0.6) is 0 Å². The second-order valence-electron chi connectivity index (χ2n) is 1.97. The van der Waals surface area contributed by atoms with E-state index < -0.39 is 5.97 Å². The Labute approximate surface area is 59.4 Å². The van der Waals surface area contributed by atoms with E-state index in [1.54, 1.807) is 0 Å². The smallest absolute Gasteiger partial charge is 0.323 e. The van der Waals surface area contributed by atoms with E-state index in [1.807, 2.05) is 6.92 Å². The lowest BCUT2D eigenvalue weighted by Crippen LogP contribution is -2.28. The van der Waals surface area contributed by atoms with Crippen LogP contribution in [0.4, 0.5) is 0 Å². The van der Waals surface area contributed by atoms with E-state index in [1.165, 1.54) is 4.90 Å². The van der Waals surface area contributed by atoms with E-state index >= 15 is 0 Å². The first-order chi connectivity index (χ1) is 4.70. The first-order valence-electron chi connectivity index (χ1n) is 3.11. The van der Waals surface area contributed by atoms with Crippen LogP contribution in [0.15, 0.2) is 0 Å². The number of amides is 1. The lowest BCUT2D eigenvalue weighted by Gasteiger charge is -2.11. The molecule has 0 aromatic rings. The van der Waals surface area contributed by atoms with Crippen molar-refractivity contribution in [3.63, 3.8) is 0 Å². The van der Waals surface area contributed by atoms with Gasteiger partial charge in [-0.25, -0.2) is 0 Å². The molecule has 10 heavy (non-hydrogen) atoms. The van der Waals surface area contributed by atoms with Crippen molar-refractivity contribution >= 4 is 12.4 Å². The fraction of sp³-hybridized carbons (Fsp3) is 0.667. The Bertz CT molecular complexity index is 124. The van der Waals surface area contributed by atoms with Crippen molar-refractivity contribution < 1.29 is 14.7 Å². The number of nitrogens with zero attached hydrogens (tertiary/aromatic N) is 1. The summed E-state index contributed by atoms with van der Waals surface area (Å²) in [5.74, 6) is -0.972. The van der Waals surface area contributed by atoms with E-state index in [0.29, 0.717) is 13.0 Å². The molecule has 0 aromatic heterocycles. The van der Waals surface area contributed by atoms with Crippen molar-refractivity contribution in [1.82, 2.24) is 4.90 Å². The molecule has 58 valence electrons. The largest absolute Gasteiger partial charge is 0.480 e. The molecule has 1 N–H and O–H groups in total. The average molecular weight is 145 g/mol. The van der Waals surface area contributed by atoms with Gasteiger partial charge < -0.3 is 10.0 Å². The molecule has 0 bridgehead atoms. The van der Waals surface area contributed by atoms with Crippen molar-refractivity contribution in [1.29, 1.82) is 0 Å². The SMILES string of the molecule is CCCN(C=O)CC(=O)O. The standard InChI is InChI=1S/C6H11NO3/c1-2-3-7(5-8)4-6(9)10/h5H,2-4H2,1H3,(H,9,10). The molecule has 1 amide bonds. The molecular weight excluding hydrogens is 134 g/mol. The molecular formula is C6H11NO3. The highest BCUT2D eigenvalue weighted by atomic mass is 16.4. The molecule has 0 heterocycles. The maximum atomic E-state index is 10.1. The second-order valence-corrected chi connectivity index (χ2v) is 1.97. The summed E-state index contributed by atoms with van der Waals surface area (Å²) >= 11 is 0. The average Bonchev–Trinajstić information content (AvgIpc) is 1.86. The zero-order chi connectivity index (χ0) is 7.98. The number of hydrogen-bond acceptors (Lipinski definition) is 2. The second kappa shape index (κ2) is 4.78. The maximum Gasteiger partial charge on any atom is 0.323 e. The summed E-state index contributed by atoms with van der Waals surface area (Å²) in [4.78, 5) is 21.4. The lowest BCUT2D eigenvalue weighted by molar-refractivity contribution is -0.140. The molecule has 0 spiro atoms. The van der Waals surface area contributed by atoms with Gasteiger partial charge >= 0.3 is 5.97 Å². The highest BCUT2D eigenvalue weighted by Crippen LogP contribution is 1.85. The summed E-state index contributed by atoms with van der Waals surface area (Å²) in [6.07, 6.45) is 1.34. The molecule has 4 heteroatoms. The molecule has 0 aliphatic carbocycles. The number of carbonyl (C=O) groups is 2. The number of hydrogen-bond donors (Lipinski definition) is 1. The van der Waals surface area contributed by atoms with Gasteiger partial charge in [0.25, 0.3) is 0 Å². The van der Waals surface area contributed by atoms with Crippen molar-refractivity contribution in [2.24, 2.45) is 0 Å². The van der Waals surface area contributed by atoms with E-state index in [2.05, 4.69) is 0 Å². The number of carboxylic acid groups (broad SMARTS) is 1. The molecule has 0 radical (unpaired) electrons. The Morgan fingerprint density at radius 1 is 1.70 bits per heavy atom. The first kappa shape index (κ1) is 8.94. The highest BCUT2D eigenvalue weighted by Gasteiger charge is 2.03. The van der Waals surface area contributed by atoms with Gasteiger partial charge in [-0.05, 0) is 6.42 Å². The maximum absolute atomic E-state index is 10.1. The zero-order valence-corrected chi connectivity index (χ0v) is 5.91. The summed E-state index contributed by atoms with van der Waals surface area (Å²) < 4.78 is 0. The van der Waals surface area contributed by atoms with E-state index in [-0.39, 0.29) is 6.54 Å². The lowest BCUT2D eigenvalue weighted by atomic mass is 10.4. The highest BCUT2D eigenvalue weighted by molar-refractivity contribution is 5.71. The van der Waals surface area contributed by atoms with Gasteiger partial charge in [-0.2, -0.15) is 0 Å². The van der Waals surface area contributed by atoms with Crippen molar-refractivity contribution in [3.05, 3.63) is 0 Å². The van der Waals surface area contributed by atoms with Gasteiger partial charge in [-0.15, -0.1) is 0 Å². The van der Waals surface area contributed by atoms with Crippen molar-refractivity contribution in [2.45, 2.75) is 13.3 Å². The van der Waals surface area contributed by atoms with Crippen LogP contribution >= 0.6 is 0 Å². The van der Waals surface area contributed by atoms with Crippen molar-refractivity contribution in [2.75, 3.05) is 13.1 Å². The van der Waals surface area contributed by atoms with Gasteiger partial charge in [-0.3, -0.25) is 9.59 Å². The van der Waals surface area contributed by atoms with Crippen LogP contribution in [-0.4, -0.2) is 35.5 Å².